The maximum absolute atomic E-state index is 10.8. The summed E-state index contributed by atoms with van der Waals surface area (Å²) in [5, 5.41) is 0. The number of carbonyl (C=O) groups excluding carboxylic acids is 1. The van der Waals surface area contributed by atoms with Gasteiger partial charge in [-0.1, -0.05) is 19.1 Å². The number of carbonyl (C=O) groups is 1. The highest BCUT2D eigenvalue weighted by molar-refractivity contribution is 5.66. The van der Waals surface area contributed by atoms with Gasteiger partial charge in [-0.2, -0.15) is 0 Å². The zero-order valence-corrected chi connectivity index (χ0v) is 10.5. The molecule has 0 saturated heterocycles. The number of fused-ring (bicyclic) bond motifs is 2. The molecule has 1 saturated carbocycles. The van der Waals surface area contributed by atoms with E-state index in [4.69, 9.17) is 4.74 Å². The lowest BCUT2D eigenvalue weighted by molar-refractivity contribution is -0.146. The average molecular weight is 222 g/mol. The van der Waals surface area contributed by atoms with Gasteiger partial charge in [-0.15, -0.1) is 0 Å². The van der Waals surface area contributed by atoms with Crippen LogP contribution in [0, 0.1) is 17.3 Å². The average Bonchev–Trinajstić information content (AvgIpc) is 2.73. The van der Waals surface area contributed by atoms with Crippen LogP contribution >= 0.6 is 0 Å². The summed E-state index contributed by atoms with van der Waals surface area (Å²) in [5.74, 6) is 1.42. The fraction of sp³-hybridized carbons (Fsp3) is 0.786. The molecule has 0 aromatic heterocycles. The molecule has 2 nitrogen and oxygen atoms in total. The minimum atomic E-state index is -0.162. The van der Waals surface area contributed by atoms with Crippen LogP contribution in [0.2, 0.25) is 0 Å². The molecule has 0 aromatic carbocycles. The van der Waals surface area contributed by atoms with Crippen molar-refractivity contribution < 1.29 is 9.53 Å². The number of esters is 1. The van der Waals surface area contributed by atoms with Crippen LogP contribution in [-0.4, -0.2) is 12.1 Å². The maximum Gasteiger partial charge on any atom is 0.302 e. The second-order valence-corrected chi connectivity index (χ2v) is 5.80. The van der Waals surface area contributed by atoms with Crippen molar-refractivity contribution in [1.82, 2.24) is 0 Å². The van der Waals surface area contributed by atoms with Crippen molar-refractivity contribution in [2.45, 2.75) is 52.6 Å². The maximum atomic E-state index is 10.8. The molecular formula is C14H22O2. The van der Waals surface area contributed by atoms with Crippen LogP contribution in [0.25, 0.3) is 0 Å². The Hall–Kier alpha value is -0.790. The summed E-state index contributed by atoms with van der Waals surface area (Å²) in [7, 11) is 0. The quantitative estimate of drug-likeness (QED) is 0.539. The van der Waals surface area contributed by atoms with E-state index in [-0.39, 0.29) is 12.1 Å². The second-order valence-electron chi connectivity index (χ2n) is 5.80. The van der Waals surface area contributed by atoms with Gasteiger partial charge >= 0.3 is 5.97 Å². The highest BCUT2D eigenvalue weighted by Gasteiger charge is 2.44. The zero-order valence-electron chi connectivity index (χ0n) is 10.5. The first-order valence-corrected chi connectivity index (χ1v) is 6.35. The molecule has 0 heterocycles. The number of hydrogen-bond donors (Lipinski definition) is 0. The van der Waals surface area contributed by atoms with E-state index in [2.05, 4.69) is 19.1 Å². The Morgan fingerprint density at radius 1 is 1.56 bits per heavy atom. The number of allylic oxidation sites excluding steroid dienone is 2. The Morgan fingerprint density at radius 2 is 2.31 bits per heavy atom. The van der Waals surface area contributed by atoms with Crippen LogP contribution in [0.5, 0.6) is 0 Å². The Kier molecular flexibility index (Phi) is 3.09. The van der Waals surface area contributed by atoms with Crippen molar-refractivity contribution in [3.05, 3.63) is 12.2 Å². The van der Waals surface area contributed by atoms with Gasteiger partial charge in [0.05, 0.1) is 6.10 Å². The van der Waals surface area contributed by atoms with E-state index >= 15 is 0 Å². The van der Waals surface area contributed by atoms with Crippen molar-refractivity contribution in [2.75, 3.05) is 0 Å². The fourth-order valence-electron chi connectivity index (χ4n) is 3.36. The number of ether oxygens (including phenoxy) is 1. The smallest absolute Gasteiger partial charge is 0.302 e. The van der Waals surface area contributed by atoms with Gasteiger partial charge in [0.25, 0.3) is 0 Å². The first kappa shape index (κ1) is 11.7. The molecule has 0 spiro atoms. The van der Waals surface area contributed by atoms with Crippen molar-refractivity contribution in [1.29, 1.82) is 0 Å². The van der Waals surface area contributed by atoms with E-state index in [1.165, 1.54) is 26.2 Å². The van der Waals surface area contributed by atoms with E-state index in [0.29, 0.717) is 5.41 Å². The first-order valence-electron chi connectivity index (χ1n) is 6.35. The van der Waals surface area contributed by atoms with Gasteiger partial charge in [0.15, 0.2) is 0 Å². The number of rotatable bonds is 4. The molecule has 90 valence electrons. The van der Waals surface area contributed by atoms with Crippen molar-refractivity contribution in [3.8, 4) is 0 Å². The molecule has 4 unspecified atom stereocenters. The molecule has 16 heavy (non-hydrogen) atoms. The monoisotopic (exact) mass is 222 g/mol. The Labute approximate surface area is 98.1 Å². The molecule has 0 aliphatic heterocycles. The fourth-order valence-corrected chi connectivity index (χ4v) is 3.36. The SMILES string of the molecule is CC(=O)OC(C)CCC1(C)CC2C=CC1C2. The van der Waals surface area contributed by atoms with Crippen molar-refractivity contribution in [2.24, 2.45) is 17.3 Å². The van der Waals surface area contributed by atoms with E-state index < -0.39 is 0 Å². The lowest BCUT2D eigenvalue weighted by Crippen LogP contribution is -2.24. The van der Waals surface area contributed by atoms with E-state index in [9.17, 15) is 4.79 Å². The third kappa shape index (κ3) is 2.31. The first-order chi connectivity index (χ1) is 7.49. The lowest BCUT2D eigenvalue weighted by Gasteiger charge is -2.32. The minimum absolute atomic E-state index is 0.0671. The van der Waals surface area contributed by atoms with Crippen LogP contribution in [0.3, 0.4) is 0 Å². The van der Waals surface area contributed by atoms with Crippen molar-refractivity contribution in [3.63, 3.8) is 0 Å². The van der Waals surface area contributed by atoms with Gasteiger partial charge in [0.2, 0.25) is 0 Å². The van der Waals surface area contributed by atoms with Crippen LogP contribution in [0.1, 0.15) is 46.5 Å². The summed E-state index contributed by atoms with van der Waals surface area (Å²) >= 11 is 0. The molecule has 0 radical (unpaired) electrons. The van der Waals surface area contributed by atoms with Gasteiger partial charge in [0.1, 0.15) is 0 Å². The van der Waals surface area contributed by atoms with Crippen LogP contribution in [-0.2, 0) is 9.53 Å². The standard InChI is InChI=1S/C14H22O2/c1-10(16-11(2)15)6-7-14(3)9-12-4-5-13(14)8-12/h4-5,10,12-13H,6-9H2,1-3H3. The van der Waals surface area contributed by atoms with Crippen LogP contribution < -0.4 is 0 Å². The molecule has 0 amide bonds. The van der Waals surface area contributed by atoms with Gasteiger partial charge in [-0.3, -0.25) is 4.79 Å². The van der Waals surface area contributed by atoms with Crippen molar-refractivity contribution >= 4 is 5.97 Å². The molecular weight excluding hydrogens is 200 g/mol. The summed E-state index contributed by atoms with van der Waals surface area (Å²) in [6.07, 6.45) is 9.67. The molecule has 4 atom stereocenters. The lowest BCUT2D eigenvalue weighted by atomic mass is 9.74. The van der Waals surface area contributed by atoms with Crippen LogP contribution in [0.4, 0.5) is 0 Å². The normalized spacial score (nSPS) is 37.7. The van der Waals surface area contributed by atoms with Gasteiger partial charge in [0, 0.05) is 6.92 Å². The molecule has 2 aliphatic carbocycles. The Bertz CT molecular complexity index is 308. The van der Waals surface area contributed by atoms with Gasteiger partial charge in [-0.25, -0.2) is 0 Å². The van der Waals surface area contributed by atoms with E-state index in [0.717, 1.165) is 18.3 Å². The third-order valence-electron chi connectivity index (χ3n) is 4.29. The summed E-state index contributed by atoms with van der Waals surface area (Å²) < 4.78 is 5.18. The molecule has 0 N–H and O–H groups in total. The second kappa shape index (κ2) is 4.23. The Morgan fingerprint density at radius 3 is 2.81 bits per heavy atom. The van der Waals surface area contributed by atoms with Crippen LogP contribution in [0.15, 0.2) is 12.2 Å². The Balaban J connectivity index is 1.82. The topological polar surface area (TPSA) is 26.3 Å². The predicted molar refractivity (Wildman–Crippen MR) is 63.9 cm³/mol. The molecule has 1 fully saturated rings. The van der Waals surface area contributed by atoms with Gasteiger partial charge < -0.3 is 4.74 Å². The largest absolute Gasteiger partial charge is 0.463 e. The third-order valence-corrected chi connectivity index (χ3v) is 4.29. The van der Waals surface area contributed by atoms with E-state index in [1.54, 1.807) is 0 Å². The zero-order chi connectivity index (χ0) is 11.8. The molecule has 2 bridgehead atoms. The summed E-state index contributed by atoms with van der Waals surface area (Å²) in [6, 6.07) is 0. The molecule has 2 heteroatoms. The summed E-state index contributed by atoms with van der Waals surface area (Å²) in [5.41, 5.74) is 0.452. The highest BCUT2D eigenvalue weighted by atomic mass is 16.5. The number of hydrogen-bond acceptors (Lipinski definition) is 2. The molecule has 2 aliphatic rings. The summed E-state index contributed by atoms with van der Waals surface area (Å²) in [4.78, 5) is 10.8. The predicted octanol–water partition coefficient (Wildman–Crippen LogP) is 3.32. The summed E-state index contributed by atoms with van der Waals surface area (Å²) in [6.45, 7) is 5.87. The molecule has 2 rings (SSSR count). The van der Waals surface area contributed by atoms with Gasteiger partial charge in [-0.05, 0) is 49.9 Å². The molecule has 0 aromatic rings. The minimum Gasteiger partial charge on any atom is -0.463 e. The van der Waals surface area contributed by atoms with E-state index in [1.807, 2.05) is 6.92 Å². The highest BCUT2D eigenvalue weighted by Crippen LogP contribution is 2.54.